The van der Waals surface area contributed by atoms with Crippen molar-refractivity contribution in [3.05, 3.63) is 29.2 Å². The predicted octanol–water partition coefficient (Wildman–Crippen LogP) is 2.40. The van der Waals surface area contributed by atoms with Crippen LogP contribution in [0.4, 0.5) is 0 Å². The molecule has 0 spiro atoms. The first-order valence-corrected chi connectivity index (χ1v) is 7.91. The summed E-state index contributed by atoms with van der Waals surface area (Å²) in [6, 6.07) is 3.28. The minimum atomic E-state index is -3.37. The summed E-state index contributed by atoms with van der Waals surface area (Å²) in [6.07, 6.45) is 0. The van der Waals surface area contributed by atoms with Crippen LogP contribution in [0.2, 0.25) is 0 Å². The van der Waals surface area contributed by atoms with Crippen molar-refractivity contribution in [3.8, 4) is 0 Å². The molecule has 2 heterocycles. The second-order valence-corrected chi connectivity index (χ2v) is 8.12. The third-order valence-corrected chi connectivity index (χ3v) is 5.33. The van der Waals surface area contributed by atoms with Crippen LogP contribution in [-0.4, -0.2) is 18.6 Å². The summed E-state index contributed by atoms with van der Waals surface area (Å²) in [4.78, 5) is 4.12. The molecule has 18 heavy (non-hydrogen) atoms. The van der Waals surface area contributed by atoms with Gasteiger partial charge in [-0.05, 0) is 11.4 Å². The average Bonchev–Trinajstić information content (AvgIpc) is 2.83. The molecule has 2 rings (SSSR count). The highest BCUT2D eigenvalue weighted by atomic mass is 32.2. The summed E-state index contributed by atoms with van der Waals surface area (Å²) in [7, 11) is -3.37. The number of rotatable bonds is 3. The molecule has 0 aromatic carbocycles. The summed E-state index contributed by atoms with van der Waals surface area (Å²) >= 11 is 1.19. The quantitative estimate of drug-likeness (QED) is 0.866. The normalized spacial score (nSPS) is 12.8. The van der Waals surface area contributed by atoms with Crippen LogP contribution in [-0.2, 0) is 21.0 Å². The van der Waals surface area contributed by atoms with Crippen LogP contribution in [0.5, 0.6) is 0 Å². The van der Waals surface area contributed by atoms with Crippen LogP contribution in [0, 0.1) is 0 Å². The smallest absolute Gasteiger partial charge is 0.232 e. The zero-order chi connectivity index (χ0) is 13.4. The number of aromatic nitrogens is 2. The first-order valence-electron chi connectivity index (χ1n) is 5.38. The van der Waals surface area contributed by atoms with Crippen molar-refractivity contribution in [2.45, 2.75) is 36.1 Å². The molecular formula is C11H14N2O3S2. The van der Waals surface area contributed by atoms with Crippen molar-refractivity contribution in [2.75, 3.05) is 0 Å². The largest absolute Gasteiger partial charge is 0.339 e. The molecule has 0 amide bonds. The molecule has 5 nitrogen and oxygen atoms in total. The van der Waals surface area contributed by atoms with Gasteiger partial charge in [-0.3, -0.25) is 0 Å². The molecule has 0 saturated heterocycles. The van der Waals surface area contributed by atoms with Gasteiger partial charge in [-0.25, -0.2) is 8.42 Å². The molecule has 0 fully saturated rings. The molecule has 0 bridgehead atoms. The van der Waals surface area contributed by atoms with E-state index in [0.717, 1.165) is 0 Å². The number of sulfone groups is 1. The van der Waals surface area contributed by atoms with Crippen LogP contribution in [0.25, 0.3) is 0 Å². The Hall–Kier alpha value is -1.21. The van der Waals surface area contributed by atoms with E-state index in [4.69, 9.17) is 4.52 Å². The zero-order valence-corrected chi connectivity index (χ0v) is 12.0. The fourth-order valence-corrected chi connectivity index (χ4v) is 3.56. The lowest BCUT2D eigenvalue weighted by Crippen LogP contribution is -2.12. The Morgan fingerprint density at radius 1 is 1.39 bits per heavy atom. The van der Waals surface area contributed by atoms with Gasteiger partial charge in [-0.15, -0.1) is 11.3 Å². The molecule has 98 valence electrons. The summed E-state index contributed by atoms with van der Waals surface area (Å²) in [5, 5.41) is 5.44. The van der Waals surface area contributed by atoms with Gasteiger partial charge in [0.15, 0.2) is 15.7 Å². The molecule has 0 saturated carbocycles. The minimum absolute atomic E-state index is 0.202. The monoisotopic (exact) mass is 286 g/mol. The van der Waals surface area contributed by atoms with E-state index in [-0.39, 0.29) is 17.0 Å². The van der Waals surface area contributed by atoms with Crippen molar-refractivity contribution in [1.29, 1.82) is 0 Å². The number of thiophene rings is 1. The van der Waals surface area contributed by atoms with E-state index >= 15 is 0 Å². The van der Waals surface area contributed by atoms with Gasteiger partial charge in [0.05, 0.1) is 0 Å². The van der Waals surface area contributed by atoms with Gasteiger partial charge in [0.25, 0.3) is 0 Å². The van der Waals surface area contributed by atoms with E-state index in [1.165, 1.54) is 11.3 Å². The Morgan fingerprint density at radius 3 is 2.61 bits per heavy atom. The van der Waals surface area contributed by atoms with Crippen LogP contribution >= 0.6 is 11.3 Å². The van der Waals surface area contributed by atoms with E-state index < -0.39 is 9.84 Å². The van der Waals surface area contributed by atoms with Crippen molar-refractivity contribution < 1.29 is 12.9 Å². The Kier molecular flexibility index (Phi) is 3.29. The lowest BCUT2D eigenvalue weighted by Gasteiger charge is -2.10. The second kappa shape index (κ2) is 4.47. The van der Waals surface area contributed by atoms with Crippen LogP contribution in [0.15, 0.2) is 26.2 Å². The van der Waals surface area contributed by atoms with Crippen molar-refractivity contribution in [1.82, 2.24) is 10.1 Å². The molecular weight excluding hydrogens is 272 g/mol. The van der Waals surface area contributed by atoms with Gasteiger partial charge in [0, 0.05) is 5.41 Å². The summed E-state index contributed by atoms with van der Waals surface area (Å²) in [6.45, 7) is 5.79. The fourth-order valence-electron chi connectivity index (χ4n) is 1.30. The second-order valence-electron chi connectivity index (χ2n) is 4.96. The average molecular weight is 286 g/mol. The van der Waals surface area contributed by atoms with Crippen LogP contribution in [0.1, 0.15) is 32.5 Å². The van der Waals surface area contributed by atoms with Gasteiger partial charge in [-0.1, -0.05) is 32.0 Å². The van der Waals surface area contributed by atoms with Gasteiger partial charge in [-0.2, -0.15) is 4.98 Å². The fraction of sp³-hybridized carbons (Fsp3) is 0.455. The Balaban J connectivity index is 2.23. The molecule has 7 heteroatoms. The van der Waals surface area contributed by atoms with Gasteiger partial charge < -0.3 is 4.52 Å². The van der Waals surface area contributed by atoms with E-state index in [1.807, 2.05) is 20.8 Å². The van der Waals surface area contributed by atoms with Crippen molar-refractivity contribution >= 4 is 21.2 Å². The molecule has 0 aliphatic rings. The van der Waals surface area contributed by atoms with Crippen LogP contribution < -0.4 is 0 Å². The maximum atomic E-state index is 12.0. The summed E-state index contributed by atoms with van der Waals surface area (Å²) in [5.74, 6) is 0.416. The Bertz CT molecular complexity index is 622. The van der Waals surface area contributed by atoms with E-state index in [2.05, 4.69) is 10.1 Å². The lowest BCUT2D eigenvalue weighted by atomic mass is 9.97. The molecule has 0 atom stereocenters. The van der Waals surface area contributed by atoms with Gasteiger partial charge in [0.1, 0.15) is 9.96 Å². The highest BCUT2D eigenvalue weighted by molar-refractivity contribution is 7.92. The van der Waals surface area contributed by atoms with E-state index in [1.54, 1.807) is 17.5 Å². The van der Waals surface area contributed by atoms with Crippen molar-refractivity contribution in [3.63, 3.8) is 0 Å². The maximum Gasteiger partial charge on any atom is 0.232 e. The molecule has 0 aliphatic carbocycles. The minimum Gasteiger partial charge on any atom is -0.339 e. The summed E-state index contributed by atoms with van der Waals surface area (Å²) < 4.78 is 29.4. The molecule has 0 N–H and O–H groups in total. The Morgan fingerprint density at radius 2 is 2.11 bits per heavy atom. The third-order valence-electron chi connectivity index (χ3n) is 2.23. The molecule has 2 aromatic heterocycles. The molecule has 0 unspecified atom stereocenters. The summed E-state index contributed by atoms with van der Waals surface area (Å²) in [5.41, 5.74) is -0.280. The van der Waals surface area contributed by atoms with E-state index in [9.17, 15) is 8.42 Å². The number of hydrogen-bond acceptors (Lipinski definition) is 6. The Labute approximate surface area is 110 Å². The number of hydrogen-bond donors (Lipinski definition) is 0. The van der Waals surface area contributed by atoms with Gasteiger partial charge >= 0.3 is 0 Å². The standard InChI is InChI=1S/C11H14N2O3S2/c1-11(2,3)10-12-8(13-16-10)7-18(14,15)9-5-4-6-17-9/h4-6H,7H2,1-3H3. The highest BCUT2D eigenvalue weighted by Gasteiger charge is 2.25. The lowest BCUT2D eigenvalue weighted by molar-refractivity contribution is 0.319. The predicted molar refractivity (Wildman–Crippen MR) is 68.2 cm³/mol. The van der Waals surface area contributed by atoms with Crippen LogP contribution in [0.3, 0.4) is 0 Å². The highest BCUT2D eigenvalue weighted by Crippen LogP contribution is 2.23. The number of nitrogens with zero attached hydrogens (tertiary/aromatic N) is 2. The first-order chi connectivity index (χ1) is 8.29. The first kappa shape index (κ1) is 13.2. The zero-order valence-electron chi connectivity index (χ0n) is 10.4. The third kappa shape index (κ3) is 2.78. The van der Waals surface area contributed by atoms with E-state index in [0.29, 0.717) is 10.1 Å². The maximum absolute atomic E-state index is 12.0. The SMILES string of the molecule is CC(C)(C)c1nc(CS(=O)(=O)c2cccs2)no1. The topological polar surface area (TPSA) is 73.1 Å². The molecule has 2 aromatic rings. The van der Waals surface area contributed by atoms with Crippen molar-refractivity contribution in [2.24, 2.45) is 0 Å². The molecule has 0 radical (unpaired) electrons. The molecule has 0 aliphatic heterocycles. The van der Waals surface area contributed by atoms with Gasteiger partial charge in [0.2, 0.25) is 5.89 Å².